The van der Waals surface area contributed by atoms with E-state index in [1.54, 1.807) is 43.3 Å². The van der Waals surface area contributed by atoms with Gasteiger partial charge in [0.05, 0.1) is 12.3 Å². The van der Waals surface area contributed by atoms with Crippen LogP contribution < -0.4 is 10.1 Å². The molecule has 24 heavy (non-hydrogen) atoms. The van der Waals surface area contributed by atoms with E-state index in [9.17, 15) is 9.18 Å². The molecule has 1 aliphatic rings. The van der Waals surface area contributed by atoms with Crippen molar-refractivity contribution in [1.82, 2.24) is 0 Å². The molecule has 0 spiro atoms. The van der Waals surface area contributed by atoms with E-state index in [-0.39, 0.29) is 11.7 Å². The normalized spacial score (nSPS) is 14.9. The molecule has 1 atom stereocenters. The lowest BCUT2D eigenvalue weighted by Gasteiger charge is -2.16. The minimum atomic E-state index is -0.534. The molecular weight excluding hydrogens is 309 g/mol. The fourth-order valence-corrected chi connectivity index (χ4v) is 2.19. The third kappa shape index (κ3) is 4.55. The van der Waals surface area contributed by atoms with E-state index < -0.39 is 6.10 Å². The Balaban J connectivity index is 1.65. The zero-order valence-corrected chi connectivity index (χ0v) is 13.5. The first-order valence-electron chi connectivity index (χ1n) is 8.07. The fraction of sp³-hybridized carbons (Fsp3) is 0.316. The first kappa shape index (κ1) is 16.5. The SMILES string of the molecule is CC(OCC1CC1)C(=O)Nc1ccccc1Oc1cccc(F)c1. The lowest BCUT2D eigenvalue weighted by Crippen LogP contribution is -2.28. The third-order valence-corrected chi connectivity index (χ3v) is 3.82. The van der Waals surface area contributed by atoms with E-state index in [4.69, 9.17) is 9.47 Å². The molecule has 5 heteroatoms. The highest BCUT2D eigenvalue weighted by Crippen LogP contribution is 2.31. The molecule has 0 aromatic heterocycles. The van der Waals surface area contributed by atoms with Crippen LogP contribution in [0.25, 0.3) is 0 Å². The summed E-state index contributed by atoms with van der Waals surface area (Å²) in [7, 11) is 0. The van der Waals surface area contributed by atoms with E-state index in [0.717, 1.165) is 0 Å². The number of carbonyl (C=O) groups excluding carboxylic acids is 1. The third-order valence-electron chi connectivity index (χ3n) is 3.82. The highest BCUT2D eigenvalue weighted by molar-refractivity contribution is 5.95. The Bertz CT molecular complexity index is 715. The van der Waals surface area contributed by atoms with Crippen LogP contribution >= 0.6 is 0 Å². The molecule has 126 valence electrons. The Morgan fingerprint density at radius 1 is 1.25 bits per heavy atom. The second-order valence-corrected chi connectivity index (χ2v) is 5.96. The molecule has 0 aliphatic heterocycles. The van der Waals surface area contributed by atoms with Crippen molar-refractivity contribution in [2.45, 2.75) is 25.9 Å². The monoisotopic (exact) mass is 329 g/mol. The number of nitrogens with one attached hydrogen (secondary N) is 1. The van der Waals surface area contributed by atoms with E-state index in [1.165, 1.54) is 25.0 Å². The van der Waals surface area contributed by atoms with Crippen LogP contribution in [0.3, 0.4) is 0 Å². The van der Waals surface area contributed by atoms with Crippen molar-refractivity contribution in [2.75, 3.05) is 11.9 Å². The molecule has 1 amide bonds. The minimum absolute atomic E-state index is 0.231. The Hall–Kier alpha value is -2.40. The van der Waals surface area contributed by atoms with Crippen LogP contribution in [0.5, 0.6) is 11.5 Å². The molecule has 0 heterocycles. The molecule has 1 aliphatic carbocycles. The summed E-state index contributed by atoms with van der Waals surface area (Å²) in [4.78, 5) is 12.3. The Kier molecular flexibility index (Phi) is 5.11. The Morgan fingerprint density at radius 3 is 2.79 bits per heavy atom. The zero-order chi connectivity index (χ0) is 16.9. The van der Waals surface area contributed by atoms with Crippen LogP contribution in [-0.2, 0) is 9.53 Å². The predicted molar refractivity (Wildman–Crippen MR) is 89.7 cm³/mol. The summed E-state index contributed by atoms with van der Waals surface area (Å²) >= 11 is 0. The number of hydrogen-bond acceptors (Lipinski definition) is 3. The van der Waals surface area contributed by atoms with Crippen molar-refractivity contribution in [3.8, 4) is 11.5 Å². The summed E-state index contributed by atoms with van der Waals surface area (Å²) in [6.45, 7) is 2.35. The molecule has 3 rings (SSSR count). The van der Waals surface area contributed by atoms with Gasteiger partial charge >= 0.3 is 0 Å². The standard InChI is InChI=1S/C19H20FNO3/c1-13(23-12-14-9-10-14)19(22)21-17-7-2-3-8-18(17)24-16-6-4-5-15(20)11-16/h2-8,11,13-14H,9-10,12H2,1H3,(H,21,22). The number of ether oxygens (including phenoxy) is 2. The fourth-order valence-electron chi connectivity index (χ4n) is 2.19. The van der Waals surface area contributed by atoms with Gasteiger partial charge in [0.15, 0.2) is 5.75 Å². The summed E-state index contributed by atoms with van der Waals surface area (Å²) in [6.07, 6.45) is 1.82. The second kappa shape index (κ2) is 7.45. The average Bonchev–Trinajstić information content (AvgIpc) is 3.39. The van der Waals surface area contributed by atoms with Gasteiger partial charge in [-0.15, -0.1) is 0 Å². The molecule has 1 fully saturated rings. The molecule has 1 N–H and O–H groups in total. The van der Waals surface area contributed by atoms with E-state index in [1.807, 2.05) is 0 Å². The average molecular weight is 329 g/mol. The van der Waals surface area contributed by atoms with Gasteiger partial charge in [-0.2, -0.15) is 0 Å². The number of para-hydroxylation sites is 2. The first-order chi connectivity index (χ1) is 11.6. The highest BCUT2D eigenvalue weighted by Gasteiger charge is 2.24. The smallest absolute Gasteiger partial charge is 0.253 e. The largest absolute Gasteiger partial charge is 0.455 e. The van der Waals surface area contributed by atoms with Gasteiger partial charge in [0.1, 0.15) is 17.7 Å². The first-order valence-corrected chi connectivity index (χ1v) is 8.07. The van der Waals surface area contributed by atoms with Gasteiger partial charge in [0, 0.05) is 6.07 Å². The topological polar surface area (TPSA) is 47.6 Å². The van der Waals surface area contributed by atoms with Crippen molar-refractivity contribution in [3.63, 3.8) is 0 Å². The Morgan fingerprint density at radius 2 is 2.04 bits per heavy atom. The molecule has 2 aromatic rings. The minimum Gasteiger partial charge on any atom is -0.455 e. The van der Waals surface area contributed by atoms with Gasteiger partial charge in [0.25, 0.3) is 5.91 Å². The maximum absolute atomic E-state index is 13.3. The van der Waals surface area contributed by atoms with Crippen LogP contribution in [-0.4, -0.2) is 18.6 Å². The van der Waals surface area contributed by atoms with Crippen molar-refractivity contribution in [1.29, 1.82) is 0 Å². The lowest BCUT2D eigenvalue weighted by molar-refractivity contribution is -0.126. The number of hydrogen-bond donors (Lipinski definition) is 1. The number of halogens is 1. The number of amides is 1. The van der Waals surface area contributed by atoms with Crippen LogP contribution in [0.4, 0.5) is 10.1 Å². The van der Waals surface area contributed by atoms with Gasteiger partial charge in [-0.3, -0.25) is 4.79 Å². The van der Waals surface area contributed by atoms with Crippen molar-refractivity contribution < 1.29 is 18.7 Å². The summed E-state index contributed by atoms with van der Waals surface area (Å²) in [6, 6.07) is 12.9. The summed E-state index contributed by atoms with van der Waals surface area (Å²) in [5.74, 6) is 0.812. The number of benzene rings is 2. The molecule has 0 bridgehead atoms. The zero-order valence-electron chi connectivity index (χ0n) is 13.5. The maximum atomic E-state index is 13.3. The van der Waals surface area contributed by atoms with Crippen LogP contribution in [0.15, 0.2) is 48.5 Å². The van der Waals surface area contributed by atoms with E-state index >= 15 is 0 Å². The predicted octanol–water partition coefficient (Wildman–Crippen LogP) is 4.37. The summed E-state index contributed by atoms with van der Waals surface area (Å²) in [5, 5.41) is 2.81. The van der Waals surface area contributed by atoms with Gasteiger partial charge in [-0.1, -0.05) is 18.2 Å². The number of carbonyl (C=O) groups is 1. The van der Waals surface area contributed by atoms with Crippen molar-refractivity contribution in [3.05, 3.63) is 54.3 Å². The quantitative estimate of drug-likeness (QED) is 0.820. The molecule has 1 unspecified atom stereocenters. The van der Waals surface area contributed by atoms with E-state index in [2.05, 4.69) is 5.32 Å². The lowest BCUT2D eigenvalue weighted by atomic mass is 10.2. The van der Waals surface area contributed by atoms with Crippen molar-refractivity contribution in [2.24, 2.45) is 5.92 Å². The molecule has 4 nitrogen and oxygen atoms in total. The van der Waals surface area contributed by atoms with E-state index in [0.29, 0.717) is 29.7 Å². The van der Waals surface area contributed by atoms with Crippen LogP contribution in [0.1, 0.15) is 19.8 Å². The van der Waals surface area contributed by atoms with Gasteiger partial charge in [0.2, 0.25) is 0 Å². The molecule has 0 radical (unpaired) electrons. The Labute approximate surface area is 140 Å². The van der Waals surface area contributed by atoms with Gasteiger partial charge in [-0.25, -0.2) is 4.39 Å². The summed E-state index contributed by atoms with van der Waals surface area (Å²) in [5.41, 5.74) is 0.522. The van der Waals surface area contributed by atoms with Gasteiger partial charge < -0.3 is 14.8 Å². The molecule has 2 aromatic carbocycles. The van der Waals surface area contributed by atoms with Gasteiger partial charge in [-0.05, 0) is 49.9 Å². The maximum Gasteiger partial charge on any atom is 0.253 e. The second-order valence-electron chi connectivity index (χ2n) is 5.96. The molecule has 1 saturated carbocycles. The van der Waals surface area contributed by atoms with Crippen LogP contribution in [0.2, 0.25) is 0 Å². The molecule has 0 saturated heterocycles. The number of anilines is 1. The molecular formula is C19H20FNO3. The highest BCUT2D eigenvalue weighted by atomic mass is 19.1. The van der Waals surface area contributed by atoms with Crippen molar-refractivity contribution >= 4 is 11.6 Å². The van der Waals surface area contributed by atoms with Crippen LogP contribution in [0, 0.1) is 11.7 Å². The number of rotatable bonds is 7. The summed E-state index contributed by atoms with van der Waals surface area (Å²) < 4.78 is 24.5.